The van der Waals surface area contributed by atoms with Gasteiger partial charge in [-0.25, -0.2) is 0 Å². The molecule has 168 valence electrons. The molecule has 0 saturated carbocycles. The molecule has 0 fully saturated rings. The molecule has 8 nitrogen and oxygen atoms in total. The third kappa shape index (κ3) is 4.72. The van der Waals surface area contributed by atoms with Gasteiger partial charge in [-0.3, -0.25) is 14.9 Å². The number of nitro benzene ring substituents is 1. The van der Waals surface area contributed by atoms with Gasteiger partial charge in [-0.2, -0.15) is 0 Å². The van der Waals surface area contributed by atoms with Crippen molar-refractivity contribution in [2.45, 2.75) is 40.3 Å². The van der Waals surface area contributed by atoms with E-state index in [9.17, 15) is 14.9 Å². The SMILES string of the molecule is COc1cc(C2NC(=S)NC(C)=C2C(C)=O)cc([N+](=O)[O-])c1OCc1cc(C)ccc1C. The standard InChI is InChI=1S/C23H25N3O5S/c1-12-6-7-13(2)17(8-12)11-31-22-18(26(28)29)9-16(10-19(22)30-5)21-20(15(4)27)14(3)24-23(32)25-21/h6-10,21H,11H2,1-5H3,(H2,24,25,32). The minimum absolute atomic E-state index is 0.0312. The van der Waals surface area contributed by atoms with E-state index in [1.807, 2.05) is 32.0 Å². The second-order valence-corrected chi connectivity index (χ2v) is 8.08. The third-order valence-electron chi connectivity index (χ3n) is 5.33. The van der Waals surface area contributed by atoms with Gasteiger partial charge in [-0.05, 0) is 62.7 Å². The zero-order valence-electron chi connectivity index (χ0n) is 18.6. The van der Waals surface area contributed by atoms with Crippen molar-refractivity contribution in [2.24, 2.45) is 0 Å². The molecule has 0 aromatic heterocycles. The van der Waals surface area contributed by atoms with Gasteiger partial charge >= 0.3 is 5.69 Å². The molecular weight excluding hydrogens is 430 g/mol. The van der Waals surface area contributed by atoms with E-state index in [0.717, 1.165) is 16.7 Å². The van der Waals surface area contributed by atoms with Crippen molar-refractivity contribution in [2.75, 3.05) is 7.11 Å². The number of rotatable bonds is 7. The summed E-state index contributed by atoms with van der Waals surface area (Å²) in [4.78, 5) is 23.7. The number of methoxy groups -OCH3 is 1. The van der Waals surface area contributed by atoms with E-state index in [1.165, 1.54) is 20.1 Å². The molecule has 0 bridgehead atoms. The molecule has 1 heterocycles. The number of nitrogens with one attached hydrogen (secondary N) is 2. The van der Waals surface area contributed by atoms with Gasteiger partial charge in [0.25, 0.3) is 0 Å². The second kappa shape index (κ2) is 9.35. The smallest absolute Gasteiger partial charge is 0.315 e. The van der Waals surface area contributed by atoms with Crippen molar-refractivity contribution < 1.29 is 19.2 Å². The first-order valence-electron chi connectivity index (χ1n) is 9.96. The lowest BCUT2D eigenvalue weighted by Gasteiger charge is -2.30. The predicted octanol–water partition coefficient (Wildman–Crippen LogP) is 4.18. The first-order valence-corrected chi connectivity index (χ1v) is 10.4. The summed E-state index contributed by atoms with van der Waals surface area (Å²) in [6.45, 7) is 7.26. The Kier molecular flexibility index (Phi) is 6.78. The van der Waals surface area contributed by atoms with Crippen LogP contribution in [0.15, 0.2) is 41.6 Å². The Hall–Kier alpha value is -3.46. The van der Waals surface area contributed by atoms with Gasteiger partial charge in [0.05, 0.1) is 18.1 Å². The van der Waals surface area contributed by atoms with Crippen LogP contribution in [-0.2, 0) is 11.4 Å². The normalized spacial score (nSPS) is 15.7. The molecule has 1 aliphatic rings. The fourth-order valence-electron chi connectivity index (χ4n) is 3.72. The maximum absolute atomic E-state index is 12.3. The molecule has 0 saturated heterocycles. The fourth-order valence-corrected chi connectivity index (χ4v) is 3.99. The first-order chi connectivity index (χ1) is 15.1. The Balaban J connectivity index is 2.07. The van der Waals surface area contributed by atoms with E-state index in [2.05, 4.69) is 10.6 Å². The molecule has 2 N–H and O–H groups in total. The summed E-state index contributed by atoms with van der Waals surface area (Å²) in [6.07, 6.45) is 0. The Labute approximate surface area is 191 Å². The fraction of sp³-hybridized carbons (Fsp3) is 0.304. The number of thiocarbonyl (C=S) groups is 1. The molecule has 9 heteroatoms. The quantitative estimate of drug-likeness (QED) is 0.364. The second-order valence-electron chi connectivity index (χ2n) is 7.67. The topological polar surface area (TPSA) is 103 Å². The molecule has 0 amide bonds. The Morgan fingerprint density at radius 3 is 2.56 bits per heavy atom. The number of aryl methyl sites for hydroxylation is 2. The molecule has 0 radical (unpaired) electrons. The van der Waals surface area contributed by atoms with Crippen LogP contribution in [0.1, 0.15) is 42.1 Å². The van der Waals surface area contributed by atoms with Crippen LogP contribution >= 0.6 is 12.2 Å². The van der Waals surface area contributed by atoms with Crippen molar-refractivity contribution in [3.63, 3.8) is 0 Å². The lowest BCUT2D eigenvalue weighted by atomic mass is 9.92. The minimum Gasteiger partial charge on any atom is -0.493 e. The van der Waals surface area contributed by atoms with Crippen LogP contribution in [0.25, 0.3) is 0 Å². The molecule has 1 atom stereocenters. The Morgan fingerprint density at radius 1 is 1.22 bits per heavy atom. The molecule has 3 rings (SSSR count). The van der Waals surface area contributed by atoms with Gasteiger partial charge in [0.1, 0.15) is 6.61 Å². The summed E-state index contributed by atoms with van der Waals surface area (Å²) in [6, 6.07) is 8.33. The summed E-state index contributed by atoms with van der Waals surface area (Å²) in [5, 5.41) is 18.2. The van der Waals surface area contributed by atoms with Gasteiger partial charge < -0.3 is 20.1 Å². The monoisotopic (exact) mass is 455 g/mol. The summed E-state index contributed by atoms with van der Waals surface area (Å²) in [7, 11) is 1.42. The van der Waals surface area contributed by atoms with Crippen molar-refractivity contribution >= 4 is 28.8 Å². The number of ether oxygens (including phenoxy) is 2. The van der Waals surface area contributed by atoms with Crippen molar-refractivity contribution in [1.29, 1.82) is 0 Å². The van der Waals surface area contributed by atoms with Gasteiger partial charge in [-0.15, -0.1) is 0 Å². The average molecular weight is 456 g/mol. The Bertz CT molecular complexity index is 1140. The summed E-state index contributed by atoms with van der Waals surface area (Å²) < 4.78 is 11.3. The number of hydrogen-bond donors (Lipinski definition) is 2. The van der Waals surface area contributed by atoms with E-state index < -0.39 is 11.0 Å². The van der Waals surface area contributed by atoms with E-state index in [1.54, 1.807) is 13.0 Å². The highest BCUT2D eigenvalue weighted by Gasteiger charge is 2.32. The lowest BCUT2D eigenvalue weighted by Crippen LogP contribution is -2.44. The Morgan fingerprint density at radius 2 is 1.94 bits per heavy atom. The van der Waals surface area contributed by atoms with E-state index in [-0.39, 0.29) is 29.6 Å². The van der Waals surface area contributed by atoms with Gasteiger partial charge in [0.2, 0.25) is 5.75 Å². The molecule has 1 aliphatic heterocycles. The molecule has 2 aromatic carbocycles. The van der Waals surface area contributed by atoms with E-state index in [0.29, 0.717) is 21.9 Å². The van der Waals surface area contributed by atoms with Crippen LogP contribution < -0.4 is 20.1 Å². The number of benzene rings is 2. The number of Topliss-reactive ketones (excluding diaryl/α,β-unsaturated/α-hetero) is 1. The summed E-state index contributed by atoms with van der Waals surface area (Å²) in [5.41, 5.74) is 4.28. The van der Waals surface area contributed by atoms with E-state index in [4.69, 9.17) is 21.7 Å². The molecule has 2 aromatic rings. The van der Waals surface area contributed by atoms with Crippen molar-refractivity contribution in [3.8, 4) is 11.5 Å². The summed E-state index contributed by atoms with van der Waals surface area (Å²) in [5.74, 6) is 0.0573. The number of carbonyl (C=O) groups excluding carboxylic acids is 1. The van der Waals surface area contributed by atoms with Crippen LogP contribution in [0.5, 0.6) is 11.5 Å². The van der Waals surface area contributed by atoms with Crippen LogP contribution in [0, 0.1) is 24.0 Å². The van der Waals surface area contributed by atoms with Gasteiger partial charge in [0.15, 0.2) is 16.6 Å². The number of carbonyl (C=O) groups is 1. The number of allylic oxidation sites excluding steroid dienone is 1. The largest absolute Gasteiger partial charge is 0.493 e. The van der Waals surface area contributed by atoms with Crippen LogP contribution in [-0.4, -0.2) is 22.9 Å². The third-order valence-corrected chi connectivity index (χ3v) is 5.55. The summed E-state index contributed by atoms with van der Waals surface area (Å²) >= 11 is 5.23. The average Bonchev–Trinajstić information content (AvgIpc) is 2.72. The molecule has 0 aliphatic carbocycles. The molecular formula is C23H25N3O5S. The van der Waals surface area contributed by atoms with Crippen LogP contribution in [0.4, 0.5) is 5.69 Å². The number of hydrogen-bond acceptors (Lipinski definition) is 6. The van der Waals surface area contributed by atoms with Gasteiger partial charge in [-0.1, -0.05) is 23.8 Å². The lowest BCUT2D eigenvalue weighted by molar-refractivity contribution is -0.386. The van der Waals surface area contributed by atoms with E-state index >= 15 is 0 Å². The zero-order chi connectivity index (χ0) is 23.6. The highest BCUT2D eigenvalue weighted by Crippen LogP contribution is 2.42. The van der Waals surface area contributed by atoms with Crippen LogP contribution in [0.3, 0.4) is 0 Å². The highest BCUT2D eigenvalue weighted by molar-refractivity contribution is 7.80. The predicted molar refractivity (Wildman–Crippen MR) is 125 cm³/mol. The maximum atomic E-state index is 12.3. The first kappa shape index (κ1) is 23.2. The van der Waals surface area contributed by atoms with Crippen molar-refractivity contribution in [3.05, 3.63) is 74.0 Å². The zero-order valence-corrected chi connectivity index (χ0v) is 19.4. The maximum Gasteiger partial charge on any atom is 0.315 e. The number of nitro groups is 1. The number of nitrogens with zero attached hydrogens (tertiary/aromatic N) is 1. The molecule has 1 unspecified atom stereocenters. The molecule has 0 spiro atoms. The molecule has 32 heavy (non-hydrogen) atoms. The minimum atomic E-state index is -0.651. The van der Waals surface area contributed by atoms with Crippen molar-refractivity contribution in [1.82, 2.24) is 10.6 Å². The number of ketones is 1. The highest BCUT2D eigenvalue weighted by atomic mass is 32.1. The van der Waals surface area contributed by atoms with Crippen LogP contribution in [0.2, 0.25) is 0 Å². The van der Waals surface area contributed by atoms with Gasteiger partial charge in [0, 0.05) is 17.3 Å².